The van der Waals surface area contributed by atoms with Gasteiger partial charge >= 0.3 is 6.61 Å². The summed E-state index contributed by atoms with van der Waals surface area (Å²) in [4.78, 5) is 11.9. The number of carbonyl (C=O) groups excluding carboxylic acids is 1. The van der Waals surface area contributed by atoms with Gasteiger partial charge in [0.05, 0.1) is 12.1 Å². The van der Waals surface area contributed by atoms with E-state index in [1.54, 1.807) is 12.1 Å². The van der Waals surface area contributed by atoms with Gasteiger partial charge in [-0.05, 0) is 23.8 Å². The van der Waals surface area contributed by atoms with Crippen molar-refractivity contribution in [3.05, 3.63) is 59.9 Å². The van der Waals surface area contributed by atoms with Crippen LogP contribution in [0.1, 0.15) is 5.56 Å². The first-order chi connectivity index (χ1) is 10.1. The average Bonchev–Trinajstić information content (AvgIpc) is 2.43. The van der Waals surface area contributed by atoms with Gasteiger partial charge in [0, 0.05) is 0 Å². The summed E-state index contributed by atoms with van der Waals surface area (Å²) < 4.78 is 42.2. The molecule has 2 aromatic rings. The minimum absolute atomic E-state index is 0.110. The number of ether oxygens (including phenoxy) is 1. The van der Waals surface area contributed by atoms with Gasteiger partial charge in [0.1, 0.15) is 11.6 Å². The quantitative estimate of drug-likeness (QED) is 0.915. The number of anilines is 1. The molecule has 2 aromatic carbocycles. The van der Waals surface area contributed by atoms with E-state index in [9.17, 15) is 18.0 Å². The molecular formula is C15H12F3NO2. The van der Waals surface area contributed by atoms with Gasteiger partial charge in [-0.1, -0.05) is 30.3 Å². The van der Waals surface area contributed by atoms with Crippen molar-refractivity contribution in [2.45, 2.75) is 13.0 Å². The Kier molecular flexibility index (Phi) is 4.81. The van der Waals surface area contributed by atoms with E-state index in [1.165, 1.54) is 36.4 Å². The van der Waals surface area contributed by atoms with Crippen LogP contribution in [0.2, 0.25) is 0 Å². The highest BCUT2D eigenvalue weighted by molar-refractivity contribution is 5.93. The molecule has 21 heavy (non-hydrogen) atoms. The van der Waals surface area contributed by atoms with Gasteiger partial charge in [0.25, 0.3) is 0 Å². The van der Waals surface area contributed by atoms with Crippen LogP contribution in [-0.4, -0.2) is 12.5 Å². The fourth-order valence-electron chi connectivity index (χ4n) is 1.78. The Bertz CT molecular complexity index is 632. The molecule has 0 aliphatic carbocycles. The second kappa shape index (κ2) is 6.78. The molecule has 1 amide bonds. The molecule has 1 N–H and O–H groups in total. The van der Waals surface area contributed by atoms with Gasteiger partial charge < -0.3 is 10.1 Å². The molecule has 0 unspecified atom stereocenters. The highest BCUT2D eigenvalue weighted by Gasteiger charge is 2.13. The summed E-state index contributed by atoms with van der Waals surface area (Å²) in [5.41, 5.74) is 0.335. The van der Waals surface area contributed by atoms with Crippen LogP contribution in [0.15, 0.2) is 48.5 Å². The minimum atomic E-state index is -2.99. The van der Waals surface area contributed by atoms with Crippen molar-refractivity contribution < 1.29 is 22.7 Å². The van der Waals surface area contributed by atoms with Crippen LogP contribution in [-0.2, 0) is 11.2 Å². The van der Waals surface area contributed by atoms with Crippen LogP contribution in [0.25, 0.3) is 0 Å². The largest absolute Gasteiger partial charge is 0.433 e. The van der Waals surface area contributed by atoms with E-state index in [0.29, 0.717) is 0 Å². The molecule has 110 valence electrons. The number of alkyl halides is 2. The third kappa shape index (κ3) is 4.24. The van der Waals surface area contributed by atoms with Gasteiger partial charge in [-0.3, -0.25) is 4.79 Å². The van der Waals surface area contributed by atoms with Gasteiger partial charge in [-0.2, -0.15) is 8.78 Å². The Labute approximate surface area is 119 Å². The first-order valence-corrected chi connectivity index (χ1v) is 6.13. The van der Waals surface area contributed by atoms with E-state index in [4.69, 9.17) is 0 Å². The summed E-state index contributed by atoms with van der Waals surface area (Å²) in [5.74, 6) is -1.16. The number of carbonyl (C=O) groups is 1. The molecule has 0 aliphatic rings. The maximum atomic E-state index is 13.4. The third-order valence-corrected chi connectivity index (χ3v) is 2.69. The van der Waals surface area contributed by atoms with Crippen LogP contribution in [0.5, 0.6) is 5.75 Å². The normalized spacial score (nSPS) is 10.5. The first kappa shape index (κ1) is 14.9. The highest BCUT2D eigenvalue weighted by atomic mass is 19.3. The zero-order valence-electron chi connectivity index (χ0n) is 10.9. The molecule has 0 aromatic heterocycles. The lowest BCUT2D eigenvalue weighted by Gasteiger charge is -2.11. The molecule has 0 spiro atoms. The summed E-state index contributed by atoms with van der Waals surface area (Å²) in [6.07, 6.45) is -0.199. The fraction of sp³-hybridized carbons (Fsp3) is 0.133. The molecule has 0 bridgehead atoms. The SMILES string of the molecule is O=C(Cc1ccccc1F)Nc1ccccc1OC(F)F. The van der Waals surface area contributed by atoms with E-state index in [1.807, 2.05) is 0 Å². The third-order valence-electron chi connectivity index (χ3n) is 2.69. The maximum Gasteiger partial charge on any atom is 0.387 e. The fourth-order valence-corrected chi connectivity index (χ4v) is 1.78. The molecule has 2 rings (SSSR count). The second-order valence-corrected chi connectivity index (χ2v) is 4.19. The molecule has 0 saturated heterocycles. The van der Waals surface area contributed by atoms with Crippen molar-refractivity contribution in [1.82, 2.24) is 0 Å². The Morgan fingerprint density at radius 2 is 1.76 bits per heavy atom. The smallest absolute Gasteiger partial charge is 0.387 e. The van der Waals surface area contributed by atoms with Crippen molar-refractivity contribution in [3.63, 3.8) is 0 Å². The molecule has 0 radical (unpaired) electrons. The van der Waals surface area contributed by atoms with E-state index in [-0.39, 0.29) is 23.4 Å². The highest BCUT2D eigenvalue weighted by Crippen LogP contribution is 2.25. The summed E-state index contributed by atoms with van der Waals surface area (Å²) in [6.45, 7) is -2.99. The van der Waals surface area contributed by atoms with Crippen molar-refractivity contribution in [1.29, 1.82) is 0 Å². The van der Waals surface area contributed by atoms with Gasteiger partial charge in [0.2, 0.25) is 5.91 Å². The number of hydrogen-bond donors (Lipinski definition) is 1. The monoisotopic (exact) mass is 295 g/mol. The lowest BCUT2D eigenvalue weighted by Crippen LogP contribution is -2.16. The number of benzene rings is 2. The summed E-state index contributed by atoms with van der Waals surface area (Å²) >= 11 is 0. The van der Waals surface area contributed by atoms with Crippen LogP contribution in [0, 0.1) is 5.82 Å². The van der Waals surface area contributed by atoms with Gasteiger partial charge in [-0.25, -0.2) is 4.39 Å². The predicted molar refractivity (Wildman–Crippen MR) is 71.8 cm³/mol. The van der Waals surface area contributed by atoms with E-state index < -0.39 is 18.3 Å². The summed E-state index contributed by atoms with van der Waals surface area (Å²) in [6, 6.07) is 11.7. The summed E-state index contributed by atoms with van der Waals surface area (Å²) in [7, 11) is 0. The zero-order chi connectivity index (χ0) is 15.2. The maximum absolute atomic E-state index is 13.4. The van der Waals surface area contributed by atoms with Crippen molar-refractivity contribution in [2.75, 3.05) is 5.32 Å². The topological polar surface area (TPSA) is 38.3 Å². The van der Waals surface area contributed by atoms with Crippen molar-refractivity contribution in [3.8, 4) is 5.75 Å². The molecule has 0 fully saturated rings. The van der Waals surface area contributed by atoms with E-state index in [0.717, 1.165) is 0 Å². The first-order valence-electron chi connectivity index (χ1n) is 6.13. The minimum Gasteiger partial charge on any atom is -0.433 e. The predicted octanol–water partition coefficient (Wildman–Crippen LogP) is 3.61. The van der Waals surface area contributed by atoms with Crippen molar-refractivity contribution in [2.24, 2.45) is 0 Å². The molecule has 0 heterocycles. The Hall–Kier alpha value is -2.50. The van der Waals surface area contributed by atoms with Crippen LogP contribution in [0.3, 0.4) is 0 Å². The van der Waals surface area contributed by atoms with E-state index >= 15 is 0 Å². The number of para-hydroxylation sites is 2. The molecule has 6 heteroatoms. The van der Waals surface area contributed by atoms with Crippen LogP contribution >= 0.6 is 0 Å². The number of halogens is 3. The number of hydrogen-bond acceptors (Lipinski definition) is 2. The molecular weight excluding hydrogens is 283 g/mol. The Balaban J connectivity index is 2.08. The Morgan fingerprint density at radius 3 is 2.48 bits per heavy atom. The number of nitrogens with one attached hydrogen (secondary N) is 1. The number of rotatable bonds is 5. The summed E-state index contributed by atoms with van der Waals surface area (Å²) in [5, 5.41) is 2.43. The van der Waals surface area contributed by atoms with Crippen molar-refractivity contribution >= 4 is 11.6 Å². The molecule has 0 atom stereocenters. The molecule has 0 aliphatic heterocycles. The van der Waals surface area contributed by atoms with Crippen LogP contribution in [0.4, 0.5) is 18.9 Å². The number of amides is 1. The van der Waals surface area contributed by atoms with Gasteiger partial charge in [-0.15, -0.1) is 0 Å². The molecule has 3 nitrogen and oxygen atoms in total. The molecule has 0 saturated carbocycles. The lowest BCUT2D eigenvalue weighted by molar-refractivity contribution is -0.115. The standard InChI is InChI=1S/C15H12F3NO2/c16-11-6-2-1-5-10(11)9-14(20)19-12-7-3-4-8-13(12)21-15(17)18/h1-8,15H,9H2,(H,19,20). The van der Waals surface area contributed by atoms with Crippen LogP contribution < -0.4 is 10.1 Å². The van der Waals surface area contributed by atoms with Gasteiger partial charge in [0.15, 0.2) is 0 Å². The average molecular weight is 295 g/mol. The second-order valence-electron chi connectivity index (χ2n) is 4.19. The Morgan fingerprint density at radius 1 is 1.10 bits per heavy atom. The zero-order valence-corrected chi connectivity index (χ0v) is 10.9. The lowest BCUT2D eigenvalue weighted by atomic mass is 10.1. The van der Waals surface area contributed by atoms with E-state index in [2.05, 4.69) is 10.1 Å².